The Bertz CT molecular complexity index is 577. The minimum Gasteiger partial charge on any atom is -0.378 e. The summed E-state index contributed by atoms with van der Waals surface area (Å²) in [5.74, 6) is 1.31. The molecular formula is C12H12ClIN4O. The second kappa shape index (κ2) is 6.44. The van der Waals surface area contributed by atoms with E-state index in [1.165, 1.54) is 0 Å². The van der Waals surface area contributed by atoms with Gasteiger partial charge in [0.15, 0.2) is 5.82 Å². The Morgan fingerprint density at radius 1 is 1.37 bits per heavy atom. The van der Waals surface area contributed by atoms with Gasteiger partial charge in [0.25, 0.3) is 0 Å². The Hall–Kier alpha value is -0.990. The smallest absolute Gasteiger partial charge is 0.180 e. The molecule has 0 spiro atoms. The predicted octanol–water partition coefficient (Wildman–Crippen LogP) is 2.98. The van der Waals surface area contributed by atoms with Gasteiger partial charge in [-0.1, -0.05) is 11.6 Å². The van der Waals surface area contributed by atoms with Crippen LogP contribution in [0.1, 0.15) is 5.69 Å². The molecule has 7 heteroatoms. The lowest BCUT2D eigenvalue weighted by atomic mass is 10.3. The van der Waals surface area contributed by atoms with Crippen molar-refractivity contribution in [1.82, 2.24) is 15.0 Å². The third kappa shape index (κ3) is 3.31. The number of nitrogens with one attached hydrogen (secondary N) is 1. The Kier molecular flexibility index (Phi) is 4.89. The summed E-state index contributed by atoms with van der Waals surface area (Å²) < 4.78 is 6.10. The molecule has 0 saturated carbocycles. The lowest BCUT2D eigenvalue weighted by molar-refractivity contribution is 0.181. The summed E-state index contributed by atoms with van der Waals surface area (Å²) >= 11 is 8.02. The zero-order chi connectivity index (χ0) is 13.8. The third-order valence-electron chi connectivity index (χ3n) is 2.39. The molecule has 100 valence electrons. The normalized spacial score (nSPS) is 10.5. The molecule has 2 aromatic heterocycles. The number of hydrogen-bond donors (Lipinski definition) is 1. The maximum Gasteiger partial charge on any atom is 0.180 e. The van der Waals surface area contributed by atoms with Gasteiger partial charge in [-0.15, -0.1) is 0 Å². The molecule has 0 aliphatic rings. The SMILES string of the molecule is CNc1nc(-c2ccc(Cl)cn2)nc(COC)c1I. The van der Waals surface area contributed by atoms with Crippen molar-refractivity contribution in [2.75, 3.05) is 19.5 Å². The fraction of sp³-hybridized carbons (Fsp3) is 0.250. The first-order chi connectivity index (χ1) is 9.15. The van der Waals surface area contributed by atoms with E-state index in [1.54, 1.807) is 25.4 Å². The van der Waals surface area contributed by atoms with Gasteiger partial charge < -0.3 is 10.1 Å². The molecule has 0 amide bonds. The summed E-state index contributed by atoms with van der Waals surface area (Å²) in [6.07, 6.45) is 1.58. The number of nitrogens with zero attached hydrogens (tertiary/aromatic N) is 3. The minimum atomic E-state index is 0.427. The number of hydrogen-bond acceptors (Lipinski definition) is 5. The summed E-state index contributed by atoms with van der Waals surface area (Å²) in [6.45, 7) is 0.427. The maximum absolute atomic E-state index is 5.83. The molecule has 0 atom stereocenters. The van der Waals surface area contributed by atoms with E-state index in [9.17, 15) is 0 Å². The van der Waals surface area contributed by atoms with Crippen molar-refractivity contribution in [3.05, 3.63) is 32.6 Å². The van der Waals surface area contributed by atoms with Gasteiger partial charge in [0, 0.05) is 20.4 Å². The molecule has 0 aromatic carbocycles. The molecule has 19 heavy (non-hydrogen) atoms. The molecule has 0 fully saturated rings. The number of halogens is 2. The second-order valence-corrected chi connectivity index (χ2v) is 5.22. The van der Waals surface area contributed by atoms with Crippen LogP contribution in [0.2, 0.25) is 5.02 Å². The molecule has 0 aliphatic heterocycles. The molecule has 1 N–H and O–H groups in total. The summed E-state index contributed by atoms with van der Waals surface area (Å²) in [4.78, 5) is 13.2. The highest BCUT2D eigenvalue weighted by Crippen LogP contribution is 2.23. The van der Waals surface area contributed by atoms with Gasteiger partial charge in [-0.2, -0.15) is 0 Å². The van der Waals surface area contributed by atoms with Gasteiger partial charge in [0.1, 0.15) is 11.5 Å². The molecular weight excluding hydrogens is 379 g/mol. The summed E-state index contributed by atoms with van der Waals surface area (Å²) in [5, 5.41) is 3.63. The van der Waals surface area contributed by atoms with Gasteiger partial charge in [-0.05, 0) is 34.7 Å². The average Bonchev–Trinajstić information content (AvgIpc) is 2.42. The molecule has 0 radical (unpaired) electrons. The van der Waals surface area contributed by atoms with E-state index in [4.69, 9.17) is 16.3 Å². The Balaban J connectivity index is 2.51. The molecule has 2 heterocycles. The van der Waals surface area contributed by atoms with Gasteiger partial charge in [0.2, 0.25) is 0 Å². The van der Waals surface area contributed by atoms with Crippen LogP contribution in [0, 0.1) is 3.57 Å². The Morgan fingerprint density at radius 3 is 2.74 bits per heavy atom. The Morgan fingerprint density at radius 2 is 2.16 bits per heavy atom. The van der Waals surface area contributed by atoms with Crippen molar-refractivity contribution in [3.8, 4) is 11.5 Å². The van der Waals surface area contributed by atoms with Gasteiger partial charge >= 0.3 is 0 Å². The zero-order valence-electron chi connectivity index (χ0n) is 10.4. The third-order valence-corrected chi connectivity index (χ3v) is 3.75. The lowest BCUT2D eigenvalue weighted by Crippen LogP contribution is -2.06. The largest absolute Gasteiger partial charge is 0.378 e. The van der Waals surface area contributed by atoms with E-state index in [-0.39, 0.29) is 0 Å². The predicted molar refractivity (Wildman–Crippen MR) is 83.2 cm³/mol. The molecule has 2 rings (SSSR count). The van der Waals surface area contributed by atoms with E-state index in [1.807, 2.05) is 7.05 Å². The molecule has 0 aliphatic carbocycles. The van der Waals surface area contributed by atoms with Crippen LogP contribution in [-0.4, -0.2) is 29.1 Å². The molecule has 0 unspecified atom stereocenters. The quantitative estimate of drug-likeness (QED) is 0.813. The maximum atomic E-state index is 5.83. The Labute approximate surface area is 129 Å². The standard InChI is InChI=1S/C12H12ClIN4O/c1-15-12-10(14)9(6-19-2)17-11(18-12)8-4-3-7(13)5-16-8/h3-5H,6H2,1-2H3,(H,15,17,18). The highest BCUT2D eigenvalue weighted by molar-refractivity contribution is 14.1. The summed E-state index contributed by atoms with van der Waals surface area (Å²) in [7, 11) is 3.46. The molecule has 2 aromatic rings. The van der Waals surface area contributed by atoms with Crippen molar-refractivity contribution in [3.63, 3.8) is 0 Å². The summed E-state index contributed by atoms with van der Waals surface area (Å²) in [6, 6.07) is 3.56. The highest BCUT2D eigenvalue weighted by Gasteiger charge is 2.13. The van der Waals surface area contributed by atoms with E-state index >= 15 is 0 Å². The number of aromatic nitrogens is 3. The first-order valence-electron chi connectivity index (χ1n) is 5.50. The van der Waals surface area contributed by atoms with Crippen molar-refractivity contribution in [2.45, 2.75) is 6.61 Å². The second-order valence-electron chi connectivity index (χ2n) is 3.70. The first kappa shape index (κ1) is 14.4. The van der Waals surface area contributed by atoms with Crippen molar-refractivity contribution >= 4 is 40.0 Å². The van der Waals surface area contributed by atoms with E-state index in [0.717, 1.165) is 15.1 Å². The van der Waals surface area contributed by atoms with Crippen molar-refractivity contribution in [1.29, 1.82) is 0 Å². The number of anilines is 1. The number of rotatable bonds is 4. The van der Waals surface area contributed by atoms with Gasteiger partial charge in [-0.3, -0.25) is 4.98 Å². The van der Waals surface area contributed by atoms with Crippen LogP contribution in [0.25, 0.3) is 11.5 Å². The van der Waals surface area contributed by atoms with E-state index < -0.39 is 0 Å². The number of pyridine rings is 1. The van der Waals surface area contributed by atoms with Crippen LogP contribution in [0.5, 0.6) is 0 Å². The number of methoxy groups -OCH3 is 1. The minimum absolute atomic E-state index is 0.427. The van der Waals surface area contributed by atoms with Gasteiger partial charge in [-0.25, -0.2) is 9.97 Å². The fourth-order valence-electron chi connectivity index (χ4n) is 1.51. The van der Waals surface area contributed by atoms with Gasteiger partial charge in [0.05, 0.1) is 20.9 Å². The molecule has 0 saturated heterocycles. The van der Waals surface area contributed by atoms with E-state index in [0.29, 0.717) is 23.1 Å². The number of ether oxygens (including phenoxy) is 1. The summed E-state index contributed by atoms with van der Waals surface area (Å²) in [5.41, 5.74) is 1.50. The van der Waals surface area contributed by atoms with Crippen LogP contribution in [0.15, 0.2) is 18.3 Å². The monoisotopic (exact) mass is 390 g/mol. The van der Waals surface area contributed by atoms with Crippen LogP contribution >= 0.6 is 34.2 Å². The highest BCUT2D eigenvalue weighted by atomic mass is 127. The van der Waals surface area contributed by atoms with Crippen LogP contribution < -0.4 is 5.32 Å². The van der Waals surface area contributed by atoms with Crippen molar-refractivity contribution < 1.29 is 4.74 Å². The fourth-order valence-corrected chi connectivity index (χ4v) is 2.29. The average molecular weight is 391 g/mol. The van der Waals surface area contributed by atoms with Crippen molar-refractivity contribution in [2.24, 2.45) is 0 Å². The zero-order valence-corrected chi connectivity index (χ0v) is 13.4. The molecule has 5 nitrogen and oxygen atoms in total. The van der Waals surface area contributed by atoms with Crippen LogP contribution in [0.4, 0.5) is 5.82 Å². The van der Waals surface area contributed by atoms with Crippen LogP contribution in [-0.2, 0) is 11.3 Å². The lowest BCUT2D eigenvalue weighted by Gasteiger charge is -2.10. The molecule has 0 bridgehead atoms. The topological polar surface area (TPSA) is 59.9 Å². The van der Waals surface area contributed by atoms with E-state index in [2.05, 4.69) is 42.9 Å². The first-order valence-corrected chi connectivity index (χ1v) is 6.96. The van der Waals surface area contributed by atoms with Crippen LogP contribution in [0.3, 0.4) is 0 Å².